The second-order valence-electron chi connectivity index (χ2n) is 7.33. The molecule has 0 aromatic rings. The van der Waals surface area contributed by atoms with Crippen molar-refractivity contribution in [1.82, 2.24) is 0 Å². The second-order valence-corrected chi connectivity index (χ2v) is 7.33. The van der Waals surface area contributed by atoms with E-state index in [4.69, 9.17) is 0 Å². The van der Waals surface area contributed by atoms with E-state index >= 15 is 0 Å². The van der Waals surface area contributed by atoms with Crippen molar-refractivity contribution in [2.45, 2.75) is 98.3 Å². The molecule has 0 saturated heterocycles. The molecule has 0 saturated carbocycles. The van der Waals surface area contributed by atoms with Crippen LogP contribution in [-0.2, 0) is 4.79 Å². The maximum atomic E-state index is 12.0. The summed E-state index contributed by atoms with van der Waals surface area (Å²) in [5.74, 6) is 0.948. The molecular formula is C20H36O. The van der Waals surface area contributed by atoms with Gasteiger partial charge in [0.2, 0.25) is 0 Å². The largest absolute Gasteiger partial charge is 0.295 e. The Morgan fingerprint density at radius 3 is 2.29 bits per heavy atom. The van der Waals surface area contributed by atoms with E-state index in [1.165, 1.54) is 57.8 Å². The molecule has 21 heavy (non-hydrogen) atoms. The molecule has 2 unspecified atom stereocenters. The average molecular weight is 293 g/mol. The molecule has 0 aliphatic heterocycles. The zero-order chi connectivity index (χ0) is 15.7. The van der Waals surface area contributed by atoms with Gasteiger partial charge in [-0.05, 0) is 36.7 Å². The van der Waals surface area contributed by atoms with Crippen LogP contribution in [0.1, 0.15) is 98.3 Å². The van der Waals surface area contributed by atoms with Crippen molar-refractivity contribution in [1.29, 1.82) is 0 Å². The summed E-state index contributed by atoms with van der Waals surface area (Å²) in [6.07, 6.45) is 16.2. The monoisotopic (exact) mass is 292 g/mol. The zero-order valence-electron chi connectivity index (χ0n) is 14.8. The lowest BCUT2D eigenvalue weighted by molar-refractivity contribution is -0.118. The number of Topliss-reactive ketones (excluding diaryl/α,β-unsaturated/α-hetero) is 1. The van der Waals surface area contributed by atoms with Crippen LogP contribution in [0.4, 0.5) is 0 Å². The number of rotatable bonds is 10. The summed E-state index contributed by atoms with van der Waals surface area (Å²) in [7, 11) is 0. The Balaban J connectivity index is 2.33. The molecule has 122 valence electrons. The normalized spacial score (nSPS) is 22.0. The molecule has 1 aliphatic rings. The van der Waals surface area contributed by atoms with Gasteiger partial charge in [-0.2, -0.15) is 0 Å². The Hall–Kier alpha value is -0.590. The van der Waals surface area contributed by atoms with Gasteiger partial charge in [0.15, 0.2) is 5.78 Å². The van der Waals surface area contributed by atoms with E-state index in [9.17, 15) is 4.79 Å². The number of unbranched alkanes of at least 4 members (excludes halogenated alkanes) is 6. The Bertz CT molecular complexity index is 342. The first-order valence-electron chi connectivity index (χ1n) is 9.23. The van der Waals surface area contributed by atoms with E-state index in [1.54, 1.807) is 0 Å². The van der Waals surface area contributed by atoms with Crippen molar-refractivity contribution in [3.8, 4) is 0 Å². The van der Waals surface area contributed by atoms with E-state index in [1.807, 2.05) is 6.92 Å². The third kappa shape index (κ3) is 5.96. The maximum Gasteiger partial charge on any atom is 0.158 e. The first kappa shape index (κ1) is 18.5. The van der Waals surface area contributed by atoms with Gasteiger partial charge in [0, 0.05) is 6.42 Å². The lowest BCUT2D eigenvalue weighted by Crippen LogP contribution is -2.31. The van der Waals surface area contributed by atoms with E-state index in [0.29, 0.717) is 17.1 Å². The number of allylic oxidation sites excluding steroid dienone is 2. The van der Waals surface area contributed by atoms with Crippen LogP contribution in [-0.4, -0.2) is 5.78 Å². The Morgan fingerprint density at radius 2 is 1.71 bits per heavy atom. The molecule has 0 heterocycles. The van der Waals surface area contributed by atoms with E-state index in [-0.39, 0.29) is 0 Å². The van der Waals surface area contributed by atoms with E-state index in [2.05, 4.69) is 26.8 Å². The lowest BCUT2D eigenvalue weighted by Gasteiger charge is -2.38. The molecule has 2 atom stereocenters. The summed E-state index contributed by atoms with van der Waals surface area (Å²) in [5, 5.41) is 0. The van der Waals surface area contributed by atoms with Gasteiger partial charge < -0.3 is 0 Å². The van der Waals surface area contributed by atoms with Gasteiger partial charge in [-0.1, -0.05) is 78.2 Å². The van der Waals surface area contributed by atoms with Crippen molar-refractivity contribution in [2.24, 2.45) is 11.3 Å². The van der Waals surface area contributed by atoms with Gasteiger partial charge in [-0.15, -0.1) is 0 Å². The van der Waals surface area contributed by atoms with Crippen LogP contribution in [0.25, 0.3) is 0 Å². The van der Waals surface area contributed by atoms with Gasteiger partial charge >= 0.3 is 0 Å². The molecule has 1 heteroatoms. The Kier molecular flexibility index (Phi) is 8.29. The summed E-state index contributed by atoms with van der Waals surface area (Å²) in [6.45, 7) is 8.96. The number of carbonyl (C=O) groups is 1. The minimum absolute atomic E-state index is 0.357. The number of hydrogen-bond donors (Lipinski definition) is 0. The SMILES string of the molecule is CCCCCCCCCC(C)(CC)C1CC=C(C)C(=O)C1. The molecule has 1 aliphatic carbocycles. The number of ketones is 1. The molecule has 0 fully saturated rings. The van der Waals surface area contributed by atoms with Gasteiger partial charge in [-0.25, -0.2) is 0 Å². The quantitative estimate of drug-likeness (QED) is 0.422. The van der Waals surface area contributed by atoms with Crippen LogP contribution in [0.3, 0.4) is 0 Å². The maximum absolute atomic E-state index is 12.0. The average Bonchev–Trinajstić information content (AvgIpc) is 2.49. The molecule has 0 bridgehead atoms. The summed E-state index contributed by atoms with van der Waals surface area (Å²) >= 11 is 0. The van der Waals surface area contributed by atoms with Gasteiger partial charge in [0.25, 0.3) is 0 Å². The minimum atomic E-state index is 0.357. The number of carbonyl (C=O) groups excluding carboxylic acids is 1. The summed E-state index contributed by atoms with van der Waals surface area (Å²) in [6, 6.07) is 0. The second kappa shape index (κ2) is 9.43. The molecule has 0 radical (unpaired) electrons. The van der Waals surface area contributed by atoms with Crippen LogP contribution in [0.15, 0.2) is 11.6 Å². The highest BCUT2D eigenvalue weighted by Crippen LogP contribution is 2.43. The smallest absolute Gasteiger partial charge is 0.158 e. The third-order valence-corrected chi connectivity index (χ3v) is 5.72. The lowest BCUT2D eigenvalue weighted by atomic mass is 9.66. The highest BCUT2D eigenvalue weighted by atomic mass is 16.1. The van der Waals surface area contributed by atoms with Crippen LogP contribution < -0.4 is 0 Å². The highest BCUT2D eigenvalue weighted by Gasteiger charge is 2.34. The summed E-state index contributed by atoms with van der Waals surface area (Å²) < 4.78 is 0. The highest BCUT2D eigenvalue weighted by molar-refractivity contribution is 5.95. The molecule has 1 nitrogen and oxygen atoms in total. The fourth-order valence-electron chi connectivity index (χ4n) is 3.59. The minimum Gasteiger partial charge on any atom is -0.295 e. The predicted octanol–water partition coefficient (Wildman–Crippen LogP) is 6.47. The molecule has 1 rings (SSSR count). The van der Waals surface area contributed by atoms with Gasteiger partial charge in [-0.3, -0.25) is 4.79 Å². The van der Waals surface area contributed by atoms with Crippen molar-refractivity contribution in [2.75, 3.05) is 0 Å². The third-order valence-electron chi connectivity index (χ3n) is 5.72. The molecule has 0 aromatic heterocycles. The Morgan fingerprint density at radius 1 is 1.10 bits per heavy atom. The Labute approximate surface area is 132 Å². The zero-order valence-corrected chi connectivity index (χ0v) is 14.8. The van der Waals surface area contributed by atoms with Crippen LogP contribution in [0.2, 0.25) is 0 Å². The van der Waals surface area contributed by atoms with Crippen LogP contribution >= 0.6 is 0 Å². The first-order valence-corrected chi connectivity index (χ1v) is 9.23. The topological polar surface area (TPSA) is 17.1 Å². The van der Waals surface area contributed by atoms with Gasteiger partial charge in [0.1, 0.15) is 0 Å². The van der Waals surface area contributed by atoms with Crippen molar-refractivity contribution in [3.05, 3.63) is 11.6 Å². The fourth-order valence-corrected chi connectivity index (χ4v) is 3.59. The predicted molar refractivity (Wildman–Crippen MR) is 92.5 cm³/mol. The summed E-state index contributed by atoms with van der Waals surface area (Å²) in [4.78, 5) is 12.0. The van der Waals surface area contributed by atoms with E-state index in [0.717, 1.165) is 18.4 Å². The van der Waals surface area contributed by atoms with Crippen molar-refractivity contribution >= 4 is 5.78 Å². The molecule has 0 spiro atoms. The molecular weight excluding hydrogens is 256 g/mol. The van der Waals surface area contributed by atoms with Crippen molar-refractivity contribution in [3.63, 3.8) is 0 Å². The summed E-state index contributed by atoms with van der Waals surface area (Å²) in [5.41, 5.74) is 1.34. The molecule has 0 amide bonds. The van der Waals surface area contributed by atoms with Crippen LogP contribution in [0, 0.1) is 11.3 Å². The molecule has 0 aromatic carbocycles. The first-order chi connectivity index (χ1) is 10.0. The van der Waals surface area contributed by atoms with Gasteiger partial charge in [0.05, 0.1) is 0 Å². The van der Waals surface area contributed by atoms with E-state index < -0.39 is 0 Å². The van der Waals surface area contributed by atoms with Crippen molar-refractivity contribution < 1.29 is 4.79 Å². The standard InChI is InChI=1S/C20H36O/c1-5-7-8-9-10-11-12-15-20(4,6-2)18-14-13-17(3)19(21)16-18/h13,18H,5-12,14-16H2,1-4H3. The molecule has 0 N–H and O–H groups in total. The number of hydrogen-bond acceptors (Lipinski definition) is 1. The fraction of sp³-hybridized carbons (Fsp3) is 0.850. The van der Waals surface area contributed by atoms with Crippen LogP contribution in [0.5, 0.6) is 0 Å².